The summed E-state index contributed by atoms with van der Waals surface area (Å²) in [6.07, 6.45) is 10.4. The Morgan fingerprint density at radius 2 is 1.38 bits per heavy atom. The zero-order valence-electron chi connectivity index (χ0n) is 22.7. The van der Waals surface area contributed by atoms with Crippen LogP contribution in [-0.4, -0.2) is 4.98 Å². The van der Waals surface area contributed by atoms with Crippen molar-refractivity contribution in [3.05, 3.63) is 115 Å². The van der Waals surface area contributed by atoms with E-state index in [1.54, 1.807) is 0 Å². The molecule has 196 valence electrons. The lowest BCUT2D eigenvalue weighted by atomic mass is 9.63. The van der Waals surface area contributed by atoms with Crippen molar-refractivity contribution >= 4 is 21.9 Å². The minimum absolute atomic E-state index is 0.852. The summed E-state index contributed by atoms with van der Waals surface area (Å²) in [6, 6.07) is 36.9. The standard InChI is InChI=1S/C38H33NO/c1-2-5-27(6-3-1)29-7-4-8-30(22-29)31-13-15-34-35-23-32(14-16-37(35)40-38(34)24-31)36-21-26(17-18-39-36)20-33-19-25-9-11-28(33)12-10-25/h1-8,13-18,21-25,28,33H,9-12,19-20H2. The zero-order chi connectivity index (χ0) is 26.5. The van der Waals surface area contributed by atoms with Crippen molar-refractivity contribution in [2.75, 3.05) is 0 Å². The minimum atomic E-state index is 0.852. The summed E-state index contributed by atoms with van der Waals surface area (Å²) < 4.78 is 6.35. The van der Waals surface area contributed by atoms with Crippen molar-refractivity contribution in [1.82, 2.24) is 4.98 Å². The molecule has 2 heteroatoms. The number of hydrogen-bond acceptors (Lipinski definition) is 2. The summed E-state index contributed by atoms with van der Waals surface area (Å²) in [5, 5.41) is 2.29. The van der Waals surface area contributed by atoms with Crippen LogP contribution in [0.15, 0.2) is 114 Å². The van der Waals surface area contributed by atoms with Gasteiger partial charge in [0, 0.05) is 22.5 Å². The first-order valence-corrected chi connectivity index (χ1v) is 14.8. The zero-order valence-corrected chi connectivity index (χ0v) is 22.7. The number of rotatable bonds is 5. The Balaban J connectivity index is 1.10. The van der Waals surface area contributed by atoms with E-state index in [2.05, 4.69) is 103 Å². The van der Waals surface area contributed by atoms with Gasteiger partial charge in [0.1, 0.15) is 11.2 Å². The summed E-state index contributed by atoms with van der Waals surface area (Å²) >= 11 is 0. The monoisotopic (exact) mass is 519 g/mol. The first-order chi connectivity index (χ1) is 19.8. The van der Waals surface area contributed by atoms with Gasteiger partial charge in [-0.25, -0.2) is 0 Å². The lowest BCUT2D eigenvalue weighted by molar-refractivity contribution is 0.0991. The molecular weight excluding hydrogens is 486 g/mol. The SMILES string of the molecule is c1ccc(-c2cccc(-c3ccc4c(c3)oc3ccc(-c5cc(CC6CC7CCC6CC7)ccn5)cc34)c2)cc1. The lowest BCUT2D eigenvalue weighted by Crippen LogP contribution is -2.32. The number of benzene rings is 4. The Morgan fingerprint density at radius 1 is 0.600 bits per heavy atom. The molecule has 3 aliphatic rings. The third kappa shape index (κ3) is 4.32. The highest BCUT2D eigenvalue weighted by Crippen LogP contribution is 2.46. The van der Waals surface area contributed by atoms with Gasteiger partial charge in [-0.2, -0.15) is 0 Å². The fraction of sp³-hybridized carbons (Fsp3) is 0.237. The van der Waals surface area contributed by atoms with Gasteiger partial charge in [-0.3, -0.25) is 4.98 Å². The van der Waals surface area contributed by atoms with E-state index in [0.717, 1.165) is 56.5 Å². The molecule has 1 atom stereocenters. The summed E-state index contributed by atoms with van der Waals surface area (Å²) in [6.45, 7) is 0. The summed E-state index contributed by atoms with van der Waals surface area (Å²) in [5.41, 5.74) is 10.3. The second-order valence-corrected chi connectivity index (χ2v) is 12.0. The van der Waals surface area contributed by atoms with E-state index in [0.29, 0.717) is 0 Å². The van der Waals surface area contributed by atoms with Crippen molar-refractivity contribution in [3.8, 4) is 33.5 Å². The van der Waals surface area contributed by atoms with E-state index in [-0.39, 0.29) is 0 Å². The third-order valence-corrected chi connectivity index (χ3v) is 9.59. The second-order valence-electron chi connectivity index (χ2n) is 12.0. The molecule has 0 saturated heterocycles. The molecular formula is C38H33NO. The van der Waals surface area contributed by atoms with Gasteiger partial charge in [0.2, 0.25) is 0 Å². The molecule has 0 amide bonds. The van der Waals surface area contributed by atoms with E-state index < -0.39 is 0 Å². The topological polar surface area (TPSA) is 26.0 Å². The fourth-order valence-corrected chi connectivity index (χ4v) is 7.45. The van der Waals surface area contributed by atoms with Crippen LogP contribution in [0.4, 0.5) is 0 Å². The number of nitrogens with zero attached hydrogens (tertiary/aromatic N) is 1. The summed E-state index contributed by atoms with van der Waals surface area (Å²) in [5.74, 6) is 2.76. The number of pyridine rings is 1. The predicted molar refractivity (Wildman–Crippen MR) is 165 cm³/mol. The first-order valence-electron chi connectivity index (χ1n) is 14.8. The van der Waals surface area contributed by atoms with Gasteiger partial charge in [-0.1, -0.05) is 67.4 Å². The van der Waals surface area contributed by atoms with Gasteiger partial charge < -0.3 is 4.42 Å². The molecule has 40 heavy (non-hydrogen) atoms. The van der Waals surface area contributed by atoms with Crippen molar-refractivity contribution in [1.29, 1.82) is 0 Å². The van der Waals surface area contributed by atoms with Gasteiger partial charge in [0.15, 0.2) is 0 Å². The molecule has 0 spiro atoms. The maximum absolute atomic E-state index is 6.35. The smallest absolute Gasteiger partial charge is 0.136 e. The van der Waals surface area contributed by atoms with Gasteiger partial charge in [-0.15, -0.1) is 0 Å². The third-order valence-electron chi connectivity index (χ3n) is 9.59. The molecule has 3 aliphatic carbocycles. The average Bonchev–Trinajstić information content (AvgIpc) is 3.39. The van der Waals surface area contributed by atoms with Crippen LogP contribution in [0.25, 0.3) is 55.4 Å². The van der Waals surface area contributed by atoms with Crippen LogP contribution in [-0.2, 0) is 6.42 Å². The van der Waals surface area contributed by atoms with Crippen LogP contribution < -0.4 is 0 Å². The van der Waals surface area contributed by atoms with Gasteiger partial charge >= 0.3 is 0 Å². The highest BCUT2D eigenvalue weighted by Gasteiger charge is 2.35. The van der Waals surface area contributed by atoms with Crippen molar-refractivity contribution in [2.45, 2.75) is 38.5 Å². The molecule has 3 fully saturated rings. The van der Waals surface area contributed by atoms with Crippen LogP contribution in [0.5, 0.6) is 0 Å². The van der Waals surface area contributed by atoms with Crippen molar-refractivity contribution < 1.29 is 4.42 Å². The largest absolute Gasteiger partial charge is 0.456 e. The molecule has 4 aromatic carbocycles. The Morgan fingerprint density at radius 3 is 2.20 bits per heavy atom. The normalized spacial score (nSPS) is 20.4. The quantitative estimate of drug-likeness (QED) is 0.226. The number of fused-ring (bicyclic) bond motifs is 6. The molecule has 2 aromatic heterocycles. The molecule has 9 rings (SSSR count). The average molecular weight is 520 g/mol. The van der Waals surface area contributed by atoms with Gasteiger partial charge in [0.25, 0.3) is 0 Å². The highest BCUT2D eigenvalue weighted by molar-refractivity contribution is 6.07. The Hall–Kier alpha value is -4.17. The number of hydrogen-bond donors (Lipinski definition) is 0. The maximum atomic E-state index is 6.35. The maximum Gasteiger partial charge on any atom is 0.136 e. The predicted octanol–water partition coefficient (Wildman–Crippen LogP) is 10.4. The van der Waals surface area contributed by atoms with Gasteiger partial charge in [0.05, 0.1) is 5.69 Å². The van der Waals surface area contributed by atoms with E-state index in [4.69, 9.17) is 9.40 Å². The van der Waals surface area contributed by atoms with Crippen molar-refractivity contribution in [2.24, 2.45) is 17.8 Å². The molecule has 2 bridgehead atoms. The van der Waals surface area contributed by atoms with E-state index in [9.17, 15) is 0 Å². The highest BCUT2D eigenvalue weighted by atomic mass is 16.3. The molecule has 6 aromatic rings. The Kier molecular flexibility index (Phi) is 5.80. The number of aromatic nitrogens is 1. The van der Waals surface area contributed by atoms with Crippen LogP contribution in [0.3, 0.4) is 0 Å². The van der Waals surface area contributed by atoms with E-state index in [1.165, 1.54) is 60.8 Å². The lowest BCUT2D eigenvalue weighted by Gasteiger charge is -2.42. The molecule has 0 radical (unpaired) electrons. The second kappa shape index (κ2) is 9.78. The van der Waals surface area contributed by atoms with Crippen LogP contribution >= 0.6 is 0 Å². The molecule has 0 aliphatic heterocycles. The van der Waals surface area contributed by atoms with E-state index >= 15 is 0 Å². The minimum Gasteiger partial charge on any atom is -0.456 e. The fourth-order valence-electron chi connectivity index (χ4n) is 7.45. The van der Waals surface area contributed by atoms with Crippen LogP contribution in [0, 0.1) is 17.8 Å². The molecule has 2 nitrogen and oxygen atoms in total. The summed E-state index contributed by atoms with van der Waals surface area (Å²) in [7, 11) is 0. The molecule has 1 unspecified atom stereocenters. The van der Waals surface area contributed by atoms with E-state index in [1.807, 2.05) is 6.20 Å². The molecule has 2 heterocycles. The first kappa shape index (κ1) is 23.7. The molecule has 3 saturated carbocycles. The van der Waals surface area contributed by atoms with Crippen LogP contribution in [0.2, 0.25) is 0 Å². The van der Waals surface area contributed by atoms with Crippen molar-refractivity contribution in [3.63, 3.8) is 0 Å². The Bertz CT molecular complexity index is 1820. The number of furan rings is 1. The van der Waals surface area contributed by atoms with Gasteiger partial charge in [-0.05, 0) is 120 Å². The van der Waals surface area contributed by atoms with Crippen LogP contribution in [0.1, 0.15) is 37.7 Å². The molecule has 0 N–H and O–H groups in total. The Labute approximate surface area is 235 Å². The summed E-state index contributed by atoms with van der Waals surface area (Å²) in [4.78, 5) is 4.78.